The summed E-state index contributed by atoms with van der Waals surface area (Å²) in [5, 5.41) is 1.30. The number of amides is 2. The predicted molar refractivity (Wildman–Crippen MR) is 126 cm³/mol. The maximum absolute atomic E-state index is 13.8. The van der Waals surface area contributed by atoms with Crippen molar-refractivity contribution in [3.63, 3.8) is 0 Å². The van der Waals surface area contributed by atoms with E-state index in [2.05, 4.69) is 0 Å². The van der Waals surface area contributed by atoms with Crippen molar-refractivity contribution in [1.29, 1.82) is 0 Å². The highest BCUT2D eigenvalue weighted by Crippen LogP contribution is 2.76. The van der Waals surface area contributed by atoms with Crippen LogP contribution in [0.3, 0.4) is 0 Å². The van der Waals surface area contributed by atoms with Gasteiger partial charge in [0.1, 0.15) is 5.75 Å². The van der Waals surface area contributed by atoms with Gasteiger partial charge in [-0.05, 0) is 60.5 Å². The maximum atomic E-state index is 13.8. The van der Waals surface area contributed by atoms with Gasteiger partial charge in [-0.3, -0.25) is 9.59 Å². The van der Waals surface area contributed by atoms with Crippen molar-refractivity contribution in [3.05, 3.63) is 92.9 Å². The molecule has 2 amide bonds. The predicted octanol–water partition coefficient (Wildman–Crippen LogP) is 6.15. The molecule has 0 radical (unpaired) electrons. The van der Waals surface area contributed by atoms with Crippen molar-refractivity contribution >= 4 is 52.3 Å². The highest BCUT2D eigenvalue weighted by atomic mass is 35.5. The average molecular weight is 487 g/mol. The SMILES string of the molecule is COc1ccc([C@]2(c3ccc(Cl)cc3)[C@@H]3C(=O)N(c4cc(Cl)cc(Cl)c4)C(=O)[C@@]32C)cc1. The molecule has 1 saturated carbocycles. The molecule has 7 heteroatoms. The van der Waals surface area contributed by atoms with Crippen LogP contribution in [0.25, 0.3) is 0 Å². The number of carbonyl (C=O) groups excluding carboxylic acids is 2. The van der Waals surface area contributed by atoms with Gasteiger partial charge in [0.05, 0.1) is 24.1 Å². The van der Waals surface area contributed by atoms with Gasteiger partial charge in [0, 0.05) is 20.5 Å². The van der Waals surface area contributed by atoms with E-state index >= 15 is 0 Å². The monoisotopic (exact) mass is 485 g/mol. The first-order chi connectivity index (χ1) is 15.2. The number of nitrogens with zero attached hydrogens (tertiary/aromatic N) is 1. The highest BCUT2D eigenvalue weighted by Gasteiger charge is 2.86. The van der Waals surface area contributed by atoms with E-state index in [0.717, 1.165) is 11.1 Å². The number of hydrogen-bond acceptors (Lipinski definition) is 3. The molecule has 1 aliphatic heterocycles. The van der Waals surface area contributed by atoms with Crippen molar-refractivity contribution < 1.29 is 14.3 Å². The second kappa shape index (κ2) is 7.24. The average Bonchev–Trinajstić information content (AvgIpc) is 3.28. The van der Waals surface area contributed by atoms with Gasteiger partial charge in [0.25, 0.3) is 0 Å². The summed E-state index contributed by atoms with van der Waals surface area (Å²) in [7, 11) is 1.60. The van der Waals surface area contributed by atoms with Crippen LogP contribution in [0.5, 0.6) is 5.75 Å². The van der Waals surface area contributed by atoms with Crippen LogP contribution < -0.4 is 9.64 Å². The second-order valence-corrected chi connectivity index (χ2v) is 9.59. The Morgan fingerprint density at radius 2 is 1.34 bits per heavy atom. The quantitative estimate of drug-likeness (QED) is 0.415. The molecular weight excluding hydrogens is 469 g/mol. The third-order valence-electron chi connectivity index (χ3n) is 6.81. The number of carbonyl (C=O) groups is 2. The number of anilines is 1. The number of methoxy groups -OCH3 is 1. The summed E-state index contributed by atoms with van der Waals surface area (Å²) in [5.41, 5.74) is 0.340. The molecule has 2 aliphatic rings. The van der Waals surface area contributed by atoms with E-state index in [1.165, 1.54) is 4.90 Å². The second-order valence-electron chi connectivity index (χ2n) is 8.29. The van der Waals surface area contributed by atoms with E-state index in [9.17, 15) is 9.59 Å². The standard InChI is InChI=1S/C25H18Cl3NO3/c1-24-21(22(30)29(23(24)31)19-12-17(27)11-18(28)13-19)25(24,14-3-7-16(26)8-4-14)15-5-9-20(32-2)10-6-15/h3-13,21H,1-2H3/t21-,24-,25-/m1/s1. The molecule has 32 heavy (non-hydrogen) atoms. The third kappa shape index (κ3) is 2.70. The number of benzene rings is 3. The molecule has 5 rings (SSSR count). The van der Waals surface area contributed by atoms with Gasteiger partial charge in [-0.15, -0.1) is 0 Å². The Kier molecular flexibility index (Phi) is 4.82. The molecule has 3 aromatic carbocycles. The Morgan fingerprint density at radius 1 is 0.812 bits per heavy atom. The molecule has 1 heterocycles. The number of rotatable bonds is 4. The van der Waals surface area contributed by atoms with Crippen LogP contribution in [0.15, 0.2) is 66.7 Å². The summed E-state index contributed by atoms with van der Waals surface area (Å²) in [6.07, 6.45) is 0. The van der Waals surface area contributed by atoms with Gasteiger partial charge in [0.15, 0.2) is 0 Å². The van der Waals surface area contributed by atoms with E-state index in [1.807, 2.05) is 43.3 Å². The zero-order valence-corrected chi connectivity index (χ0v) is 19.5. The molecule has 162 valence electrons. The van der Waals surface area contributed by atoms with Gasteiger partial charge >= 0.3 is 0 Å². The number of piperidine rings is 1. The van der Waals surface area contributed by atoms with E-state index in [0.29, 0.717) is 26.5 Å². The van der Waals surface area contributed by atoms with E-state index in [4.69, 9.17) is 39.5 Å². The normalized spacial score (nSPS) is 26.3. The first kappa shape index (κ1) is 21.3. The molecule has 4 nitrogen and oxygen atoms in total. The molecule has 0 unspecified atom stereocenters. The van der Waals surface area contributed by atoms with Crippen LogP contribution in [0.4, 0.5) is 5.69 Å². The van der Waals surface area contributed by atoms with Crippen LogP contribution in [-0.2, 0) is 15.0 Å². The van der Waals surface area contributed by atoms with Crippen molar-refractivity contribution in [1.82, 2.24) is 0 Å². The Balaban J connectivity index is 1.67. The lowest BCUT2D eigenvalue weighted by Gasteiger charge is -2.29. The lowest BCUT2D eigenvalue weighted by atomic mass is 9.79. The van der Waals surface area contributed by atoms with Gasteiger partial charge in [-0.25, -0.2) is 4.90 Å². The fourth-order valence-corrected chi connectivity index (χ4v) is 6.02. The summed E-state index contributed by atoms with van der Waals surface area (Å²) in [4.78, 5) is 28.7. The van der Waals surface area contributed by atoms with Gasteiger partial charge in [-0.2, -0.15) is 0 Å². The summed E-state index contributed by atoms with van der Waals surface area (Å²) in [6, 6.07) is 19.6. The zero-order chi connectivity index (χ0) is 22.8. The first-order valence-electron chi connectivity index (χ1n) is 10.00. The van der Waals surface area contributed by atoms with Gasteiger partial charge < -0.3 is 4.74 Å². The Morgan fingerprint density at radius 3 is 1.81 bits per heavy atom. The smallest absolute Gasteiger partial charge is 0.241 e. The molecule has 0 bridgehead atoms. The third-order valence-corrected chi connectivity index (χ3v) is 7.50. The molecule has 3 aromatic rings. The molecular formula is C25H18Cl3NO3. The molecule has 0 aromatic heterocycles. The number of hydrogen-bond donors (Lipinski definition) is 0. The Hall–Kier alpha value is -2.53. The lowest BCUT2D eigenvalue weighted by molar-refractivity contribution is -0.125. The zero-order valence-electron chi connectivity index (χ0n) is 17.2. The summed E-state index contributed by atoms with van der Waals surface area (Å²) >= 11 is 18.4. The van der Waals surface area contributed by atoms with Gasteiger partial charge in [-0.1, -0.05) is 59.1 Å². The minimum Gasteiger partial charge on any atom is -0.497 e. The Labute approximate surface area is 200 Å². The molecule has 1 saturated heterocycles. The molecule has 0 N–H and O–H groups in total. The number of ether oxygens (including phenoxy) is 1. The van der Waals surface area contributed by atoms with Crippen LogP contribution >= 0.6 is 34.8 Å². The maximum Gasteiger partial charge on any atom is 0.241 e. The molecule has 2 fully saturated rings. The van der Waals surface area contributed by atoms with E-state index in [-0.39, 0.29) is 11.8 Å². The van der Waals surface area contributed by atoms with Crippen molar-refractivity contribution in [2.24, 2.45) is 11.3 Å². The number of fused-ring (bicyclic) bond motifs is 1. The van der Waals surface area contributed by atoms with Crippen molar-refractivity contribution in [2.45, 2.75) is 12.3 Å². The summed E-state index contributed by atoms with van der Waals surface area (Å²) in [5.74, 6) is -0.433. The van der Waals surface area contributed by atoms with Crippen LogP contribution in [-0.4, -0.2) is 18.9 Å². The fraction of sp³-hybridized carbons (Fsp3) is 0.200. The summed E-state index contributed by atoms with van der Waals surface area (Å²) < 4.78 is 5.30. The molecule has 3 atom stereocenters. The van der Waals surface area contributed by atoms with Crippen LogP contribution in [0.2, 0.25) is 15.1 Å². The minimum atomic E-state index is -0.971. The van der Waals surface area contributed by atoms with Crippen LogP contribution in [0, 0.1) is 11.3 Å². The minimum absolute atomic E-state index is 0.276. The van der Waals surface area contributed by atoms with Crippen molar-refractivity contribution in [3.8, 4) is 5.75 Å². The molecule has 1 aliphatic carbocycles. The first-order valence-corrected chi connectivity index (χ1v) is 11.1. The lowest BCUT2D eigenvalue weighted by Crippen LogP contribution is -2.42. The molecule has 0 spiro atoms. The topological polar surface area (TPSA) is 46.6 Å². The number of imide groups is 1. The van der Waals surface area contributed by atoms with Crippen LogP contribution in [0.1, 0.15) is 18.1 Å². The largest absolute Gasteiger partial charge is 0.497 e. The van der Waals surface area contributed by atoms with E-state index in [1.54, 1.807) is 37.4 Å². The Bertz CT molecular complexity index is 1240. The summed E-state index contributed by atoms with van der Waals surface area (Å²) in [6.45, 7) is 1.85. The van der Waals surface area contributed by atoms with Crippen molar-refractivity contribution in [2.75, 3.05) is 12.0 Å². The van der Waals surface area contributed by atoms with E-state index < -0.39 is 16.7 Å². The number of halogens is 3. The fourth-order valence-electron chi connectivity index (χ4n) is 5.38. The highest BCUT2D eigenvalue weighted by molar-refractivity contribution is 6.36. The van der Waals surface area contributed by atoms with Gasteiger partial charge in [0.2, 0.25) is 11.8 Å².